The van der Waals surface area contributed by atoms with E-state index in [1.165, 1.54) is 12.8 Å². The second-order valence-electron chi connectivity index (χ2n) is 6.93. The van der Waals surface area contributed by atoms with Crippen LogP contribution in [0, 0.1) is 0 Å². The van der Waals surface area contributed by atoms with E-state index in [-0.39, 0.29) is 5.91 Å². The fourth-order valence-corrected chi connectivity index (χ4v) is 3.26. The molecule has 0 radical (unpaired) electrons. The predicted molar refractivity (Wildman–Crippen MR) is 110 cm³/mol. The highest BCUT2D eigenvalue weighted by molar-refractivity contribution is 5.81. The molecule has 1 saturated carbocycles. The number of aromatic nitrogens is 1. The lowest BCUT2D eigenvalue weighted by atomic mass is 10.2. The molecule has 1 aromatic carbocycles. The van der Waals surface area contributed by atoms with E-state index < -0.39 is 0 Å². The Bertz CT molecular complexity index is 766. The minimum absolute atomic E-state index is 0.0965. The molecule has 28 heavy (non-hydrogen) atoms. The Hall–Kier alpha value is -2.83. The van der Waals surface area contributed by atoms with E-state index in [9.17, 15) is 4.79 Å². The van der Waals surface area contributed by atoms with Crippen LogP contribution in [0.4, 0.5) is 0 Å². The number of benzene rings is 1. The summed E-state index contributed by atoms with van der Waals surface area (Å²) in [5.74, 6) is 1.35. The zero-order valence-electron chi connectivity index (χ0n) is 16.4. The second-order valence-corrected chi connectivity index (χ2v) is 6.93. The van der Waals surface area contributed by atoms with Gasteiger partial charge in [0.2, 0.25) is 11.8 Å². The fourth-order valence-electron chi connectivity index (χ4n) is 3.26. The van der Waals surface area contributed by atoms with Crippen molar-refractivity contribution in [2.45, 2.75) is 51.6 Å². The molecule has 3 rings (SSSR count). The van der Waals surface area contributed by atoms with E-state index in [0.29, 0.717) is 37.4 Å². The van der Waals surface area contributed by atoms with Crippen molar-refractivity contribution < 1.29 is 9.21 Å². The molecule has 7 nitrogen and oxygen atoms in total. The smallest absolute Gasteiger partial charge is 0.226 e. The van der Waals surface area contributed by atoms with Gasteiger partial charge in [0.1, 0.15) is 12.0 Å². The molecule has 1 fully saturated rings. The monoisotopic (exact) mass is 383 g/mol. The van der Waals surface area contributed by atoms with Crippen LogP contribution in [-0.4, -0.2) is 36.0 Å². The van der Waals surface area contributed by atoms with Gasteiger partial charge in [-0.15, -0.1) is 0 Å². The first kappa shape index (κ1) is 19.9. The number of nitrogens with one attached hydrogen (secondary N) is 3. The van der Waals surface area contributed by atoms with Gasteiger partial charge in [0.05, 0.1) is 6.54 Å². The summed E-state index contributed by atoms with van der Waals surface area (Å²) >= 11 is 0. The Kier molecular flexibility index (Phi) is 7.46. The molecule has 7 heteroatoms. The van der Waals surface area contributed by atoms with E-state index in [2.05, 4.69) is 25.9 Å². The molecule has 1 amide bonds. The van der Waals surface area contributed by atoms with Gasteiger partial charge in [0.15, 0.2) is 5.96 Å². The van der Waals surface area contributed by atoms with Crippen LogP contribution < -0.4 is 16.0 Å². The fraction of sp³-hybridized carbons (Fsp3) is 0.476. The van der Waals surface area contributed by atoms with Gasteiger partial charge in [-0.2, -0.15) is 0 Å². The van der Waals surface area contributed by atoms with Crippen molar-refractivity contribution >= 4 is 11.9 Å². The number of hydrogen-bond donors (Lipinski definition) is 3. The summed E-state index contributed by atoms with van der Waals surface area (Å²) in [5, 5.41) is 9.49. The standard InChI is InChI=1S/C21H29N5O2/c1-2-22-21(23-13-12-19(27)25-17-10-6-7-11-17)24-14-18-15-28-20(26-18)16-8-4-3-5-9-16/h3-5,8-9,15,17H,2,6-7,10-14H2,1H3,(H,25,27)(H2,22,23,24). The molecule has 0 atom stereocenters. The van der Waals surface area contributed by atoms with E-state index in [4.69, 9.17) is 4.42 Å². The maximum absolute atomic E-state index is 12.0. The third kappa shape index (κ3) is 6.11. The number of aliphatic imine (C=N–C) groups is 1. The van der Waals surface area contributed by atoms with Gasteiger partial charge in [-0.1, -0.05) is 31.0 Å². The summed E-state index contributed by atoms with van der Waals surface area (Å²) in [5.41, 5.74) is 1.70. The summed E-state index contributed by atoms with van der Waals surface area (Å²) in [7, 11) is 0. The minimum atomic E-state index is 0.0965. The average Bonchev–Trinajstić information content (AvgIpc) is 3.39. The van der Waals surface area contributed by atoms with Gasteiger partial charge in [-0.05, 0) is 31.9 Å². The molecule has 1 aromatic heterocycles. The van der Waals surface area contributed by atoms with Gasteiger partial charge < -0.3 is 20.4 Å². The zero-order valence-corrected chi connectivity index (χ0v) is 16.4. The first-order valence-corrected chi connectivity index (χ1v) is 10.1. The molecule has 1 aliphatic rings. The van der Waals surface area contributed by atoms with E-state index in [1.54, 1.807) is 6.26 Å². The molecule has 2 aromatic rings. The van der Waals surface area contributed by atoms with Crippen LogP contribution in [0.2, 0.25) is 0 Å². The van der Waals surface area contributed by atoms with Crippen molar-refractivity contribution in [3.63, 3.8) is 0 Å². The third-order valence-corrected chi connectivity index (χ3v) is 4.68. The van der Waals surface area contributed by atoms with E-state index >= 15 is 0 Å². The van der Waals surface area contributed by atoms with Crippen molar-refractivity contribution in [2.24, 2.45) is 4.99 Å². The molecule has 0 aliphatic heterocycles. The van der Waals surface area contributed by atoms with E-state index in [1.807, 2.05) is 37.3 Å². The molecule has 0 saturated heterocycles. The largest absolute Gasteiger partial charge is 0.444 e. The summed E-state index contributed by atoms with van der Waals surface area (Å²) < 4.78 is 5.54. The van der Waals surface area contributed by atoms with Crippen LogP contribution in [-0.2, 0) is 11.3 Å². The molecule has 0 bridgehead atoms. The van der Waals surface area contributed by atoms with Crippen molar-refractivity contribution in [1.82, 2.24) is 20.9 Å². The van der Waals surface area contributed by atoms with Gasteiger partial charge in [-0.3, -0.25) is 4.79 Å². The molecule has 0 unspecified atom stereocenters. The number of nitrogens with zero attached hydrogens (tertiary/aromatic N) is 2. The first-order chi connectivity index (χ1) is 13.7. The van der Waals surface area contributed by atoms with E-state index in [0.717, 1.165) is 30.6 Å². The minimum Gasteiger partial charge on any atom is -0.444 e. The lowest BCUT2D eigenvalue weighted by Crippen LogP contribution is -2.40. The number of rotatable bonds is 8. The highest BCUT2D eigenvalue weighted by Crippen LogP contribution is 2.18. The van der Waals surface area contributed by atoms with Crippen molar-refractivity contribution in [2.75, 3.05) is 13.1 Å². The number of carbonyl (C=O) groups is 1. The third-order valence-electron chi connectivity index (χ3n) is 4.68. The topological polar surface area (TPSA) is 91.6 Å². The molecular formula is C21H29N5O2. The Morgan fingerprint density at radius 1 is 1.21 bits per heavy atom. The molecule has 1 aliphatic carbocycles. The molecule has 0 spiro atoms. The average molecular weight is 383 g/mol. The number of guanidine groups is 1. The quantitative estimate of drug-likeness (QED) is 0.482. The SMILES string of the molecule is CCNC(=NCc1coc(-c2ccccc2)n1)NCCC(=O)NC1CCCC1. The van der Waals surface area contributed by atoms with Gasteiger partial charge >= 0.3 is 0 Å². The highest BCUT2D eigenvalue weighted by Gasteiger charge is 2.16. The molecule has 3 N–H and O–H groups in total. The summed E-state index contributed by atoms with van der Waals surface area (Å²) in [6.45, 7) is 3.69. The Morgan fingerprint density at radius 3 is 2.75 bits per heavy atom. The summed E-state index contributed by atoms with van der Waals surface area (Å²) in [6.07, 6.45) is 6.70. The van der Waals surface area contributed by atoms with Crippen molar-refractivity contribution in [3.05, 3.63) is 42.3 Å². The van der Waals surface area contributed by atoms with Crippen LogP contribution in [0.1, 0.15) is 44.7 Å². The summed E-state index contributed by atoms with van der Waals surface area (Å²) in [6, 6.07) is 10.1. The van der Waals surface area contributed by atoms with Crippen LogP contribution >= 0.6 is 0 Å². The molecule has 1 heterocycles. The van der Waals surface area contributed by atoms with Gasteiger partial charge in [-0.25, -0.2) is 9.98 Å². The number of oxazole rings is 1. The number of carbonyl (C=O) groups excluding carboxylic acids is 1. The number of hydrogen-bond acceptors (Lipinski definition) is 4. The van der Waals surface area contributed by atoms with Gasteiger partial charge in [0.25, 0.3) is 0 Å². The van der Waals surface area contributed by atoms with Gasteiger partial charge in [0, 0.05) is 31.1 Å². The first-order valence-electron chi connectivity index (χ1n) is 10.1. The normalized spacial score (nSPS) is 14.8. The Labute approximate surface area is 166 Å². The maximum atomic E-state index is 12.0. The van der Waals surface area contributed by atoms with Crippen molar-refractivity contribution in [1.29, 1.82) is 0 Å². The second kappa shape index (κ2) is 10.5. The van der Waals surface area contributed by atoms with Crippen LogP contribution in [0.15, 0.2) is 46.0 Å². The summed E-state index contributed by atoms with van der Waals surface area (Å²) in [4.78, 5) is 21.0. The lowest BCUT2D eigenvalue weighted by molar-refractivity contribution is -0.121. The van der Waals surface area contributed by atoms with Crippen LogP contribution in [0.5, 0.6) is 0 Å². The lowest BCUT2D eigenvalue weighted by Gasteiger charge is -2.13. The zero-order chi connectivity index (χ0) is 19.6. The Balaban J connectivity index is 1.47. The Morgan fingerprint density at radius 2 is 2.00 bits per heavy atom. The molecular weight excluding hydrogens is 354 g/mol. The predicted octanol–water partition coefficient (Wildman–Crippen LogP) is 2.85. The highest BCUT2D eigenvalue weighted by atomic mass is 16.3. The maximum Gasteiger partial charge on any atom is 0.226 e. The number of amides is 1. The van der Waals surface area contributed by atoms with Crippen molar-refractivity contribution in [3.8, 4) is 11.5 Å². The van der Waals surface area contributed by atoms with Crippen LogP contribution in [0.25, 0.3) is 11.5 Å². The molecule has 150 valence electrons. The van der Waals surface area contributed by atoms with Crippen LogP contribution in [0.3, 0.4) is 0 Å².